The number of rotatable bonds is 3. The van der Waals surface area contributed by atoms with Gasteiger partial charge in [-0.2, -0.15) is 5.26 Å². The van der Waals surface area contributed by atoms with Crippen molar-refractivity contribution >= 4 is 17.2 Å². The van der Waals surface area contributed by atoms with E-state index in [-0.39, 0.29) is 0 Å². The van der Waals surface area contributed by atoms with Gasteiger partial charge < -0.3 is 5.73 Å². The first-order valence-electron chi connectivity index (χ1n) is 3.99. The molecular formula is C10H10N2S. The van der Waals surface area contributed by atoms with Crippen molar-refractivity contribution in [2.24, 2.45) is 5.73 Å². The lowest BCUT2D eigenvalue weighted by Crippen LogP contribution is -2.08. The SMILES string of the molecule is N#Cc1ccc(CCC(N)=S)cc1. The number of nitriles is 1. The van der Waals surface area contributed by atoms with Gasteiger partial charge in [0.25, 0.3) is 0 Å². The van der Waals surface area contributed by atoms with Gasteiger partial charge in [-0.15, -0.1) is 0 Å². The summed E-state index contributed by atoms with van der Waals surface area (Å²) in [4.78, 5) is 0.532. The standard InChI is InChI=1S/C10H10N2S/c11-7-9-3-1-8(2-4-9)5-6-10(12)13/h1-4H,5-6H2,(H2,12,13). The van der Waals surface area contributed by atoms with E-state index in [1.165, 1.54) is 0 Å². The maximum atomic E-state index is 8.56. The Labute approximate surface area is 83.0 Å². The average molecular weight is 190 g/mol. The van der Waals surface area contributed by atoms with Crippen LogP contribution in [0.4, 0.5) is 0 Å². The quantitative estimate of drug-likeness (QED) is 0.739. The van der Waals surface area contributed by atoms with Crippen molar-refractivity contribution in [1.82, 2.24) is 0 Å². The van der Waals surface area contributed by atoms with Crippen LogP contribution in [0.15, 0.2) is 24.3 Å². The van der Waals surface area contributed by atoms with E-state index in [0.717, 1.165) is 18.4 Å². The minimum atomic E-state index is 0.532. The van der Waals surface area contributed by atoms with E-state index < -0.39 is 0 Å². The normalized spacial score (nSPS) is 9.15. The van der Waals surface area contributed by atoms with Crippen molar-refractivity contribution in [1.29, 1.82) is 5.26 Å². The molecule has 0 atom stereocenters. The molecule has 1 aromatic carbocycles. The summed E-state index contributed by atoms with van der Waals surface area (Å²) in [5.74, 6) is 0. The fraction of sp³-hybridized carbons (Fsp3) is 0.200. The second kappa shape index (κ2) is 4.58. The number of thiocarbonyl (C=S) groups is 1. The number of aryl methyl sites for hydroxylation is 1. The van der Waals surface area contributed by atoms with Crippen LogP contribution in [0.1, 0.15) is 17.5 Å². The molecule has 0 spiro atoms. The van der Waals surface area contributed by atoms with Crippen LogP contribution in [0.3, 0.4) is 0 Å². The van der Waals surface area contributed by atoms with Gasteiger partial charge in [0.15, 0.2) is 0 Å². The first kappa shape index (κ1) is 9.69. The smallest absolute Gasteiger partial charge is 0.0991 e. The second-order valence-corrected chi connectivity index (χ2v) is 3.30. The number of hydrogen-bond acceptors (Lipinski definition) is 2. The molecule has 0 aromatic heterocycles. The molecule has 0 saturated heterocycles. The number of nitrogens with zero attached hydrogens (tertiary/aromatic N) is 1. The monoisotopic (exact) mass is 190 g/mol. The molecule has 0 fully saturated rings. The lowest BCUT2D eigenvalue weighted by Gasteiger charge is -1.99. The third-order valence-electron chi connectivity index (χ3n) is 1.74. The second-order valence-electron chi connectivity index (χ2n) is 2.78. The summed E-state index contributed by atoms with van der Waals surface area (Å²) >= 11 is 4.77. The molecule has 0 radical (unpaired) electrons. The molecule has 1 aromatic rings. The molecule has 0 saturated carbocycles. The van der Waals surface area contributed by atoms with Gasteiger partial charge in [0, 0.05) is 6.42 Å². The van der Waals surface area contributed by atoms with Gasteiger partial charge in [0.1, 0.15) is 0 Å². The number of hydrogen-bond donors (Lipinski definition) is 1. The van der Waals surface area contributed by atoms with Crippen LogP contribution in [0.2, 0.25) is 0 Å². The topological polar surface area (TPSA) is 49.8 Å². The van der Waals surface area contributed by atoms with Crippen LogP contribution < -0.4 is 5.73 Å². The van der Waals surface area contributed by atoms with E-state index in [1.54, 1.807) is 12.1 Å². The van der Waals surface area contributed by atoms with Crippen LogP contribution in [0.5, 0.6) is 0 Å². The van der Waals surface area contributed by atoms with E-state index in [1.807, 2.05) is 12.1 Å². The first-order chi connectivity index (χ1) is 6.22. The van der Waals surface area contributed by atoms with Crippen LogP contribution in [0, 0.1) is 11.3 Å². The van der Waals surface area contributed by atoms with Crippen LogP contribution in [-0.2, 0) is 6.42 Å². The Morgan fingerprint density at radius 1 is 1.38 bits per heavy atom. The molecular weight excluding hydrogens is 180 g/mol. The molecule has 0 aliphatic heterocycles. The minimum Gasteiger partial charge on any atom is -0.393 e. The molecule has 66 valence electrons. The summed E-state index contributed by atoms with van der Waals surface area (Å²) in [6, 6.07) is 9.52. The number of nitrogens with two attached hydrogens (primary N) is 1. The van der Waals surface area contributed by atoms with Crippen molar-refractivity contribution in [3.05, 3.63) is 35.4 Å². The summed E-state index contributed by atoms with van der Waals surface area (Å²) < 4.78 is 0. The van der Waals surface area contributed by atoms with Crippen LogP contribution >= 0.6 is 12.2 Å². The van der Waals surface area contributed by atoms with Crippen LogP contribution in [-0.4, -0.2) is 4.99 Å². The van der Waals surface area contributed by atoms with Crippen molar-refractivity contribution in [3.8, 4) is 6.07 Å². The lowest BCUT2D eigenvalue weighted by atomic mass is 10.1. The zero-order valence-electron chi connectivity index (χ0n) is 7.16. The Morgan fingerprint density at radius 3 is 2.46 bits per heavy atom. The van der Waals surface area contributed by atoms with Gasteiger partial charge in [-0.3, -0.25) is 0 Å². The molecule has 0 unspecified atom stereocenters. The molecule has 13 heavy (non-hydrogen) atoms. The Morgan fingerprint density at radius 2 is 2.00 bits per heavy atom. The predicted octanol–water partition coefficient (Wildman–Crippen LogP) is 1.78. The molecule has 0 bridgehead atoms. The molecule has 2 N–H and O–H groups in total. The molecule has 0 aliphatic rings. The van der Waals surface area contributed by atoms with E-state index in [0.29, 0.717) is 10.6 Å². The fourth-order valence-electron chi connectivity index (χ4n) is 1.01. The van der Waals surface area contributed by atoms with Crippen molar-refractivity contribution in [2.45, 2.75) is 12.8 Å². The van der Waals surface area contributed by atoms with E-state index in [9.17, 15) is 0 Å². The molecule has 2 nitrogen and oxygen atoms in total. The summed E-state index contributed by atoms with van der Waals surface area (Å²) in [5, 5.41) is 8.56. The first-order valence-corrected chi connectivity index (χ1v) is 4.40. The van der Waals surface area contributed by atoms with Crippen molar-refractivity contribution in [3.63, 3.8) is 0 Å². The Kier molecular flexibility index (Phi) is 3.41. The predicted molar refractivity (Wildman–Crippen MR) is 56.3 cm³/mol. The summed E-state index contributed by atoms with van der Waals surface area (Å²) in [6.45, 7) is 0. The molecule has 0 aliphatic carbocycles. The zero-order chi connectivity index (χ0) is 9.68. The van der Waals surface area contributed by atoms with Crippen LogP contribution in [0.25, 0.3) is 0 Å². The van der Waals surface area contributed by atoms with E-state index in [4.69, 9.17) is 23.2 Å². The lowest BCUT2D eigenvalue weighted by molar-refractivity contribution is 1.04. The highest BCUT2D eigenvalue weighted by Gasteiger charge is 1.95. The summed E-state index contributed by atoms with van der Waals surface area (Å²) in [7, 11) is 0. The maximum absolute atomic E-state index is 8.56. The summed E-state index contributed by atoms with van der Waals surface area (Å²) in [6.07, 6.45) is 1.57. The van der Waals surface area contributed by atoms with Gasteiger partial charge in [-0.25, -0.2) is 0 Å². The highest BCUT2D eigenvalue weighted by Crippen LogP contribution is 2.05. The third-order valence-corrected chi connectivity index (χ3v) is 1.95. The van der Waals surface area contributed by atoms with Gasteiger partial charge in [-0.1, -0.05) is 24.4 Å². The zero-order valence-corrected chi connectivity index (χ0v) is 7.97. The molecule has 1 rings (SSSR count). The summed E-state index contributed by atoms with van der Waals surface area (Å²) in [5.41, 5.74) is 7.21. The van der Waals surface area contributed by atoms with Gasteiger partial charge >= 0.3 is 0 Å². The highest BCUT2D eigenvalue weighted by atomic mass is 32.1. The van der Waals surface area contributed by atoms with Crippen molar-refractivity contribution < 1.29 is 0 Å². The van der Waals surface area contributed by atoms with Crippen molar-refractivity contribution in [2.75, 3.05) is 0 Å². The Bertz CT molecular complexity index is 335. The molecule has 3 heteroatoms. The van der Waals surface area contributed by atoms with Gasteiger partial charge in [0.05, 0.1) is 16.6 Å². The Hall–Kier alpha value is -1.40. The van der Waals surface area contributed by atoms with Gasteiger partial charge in [0.2, 0.25) is 0 Å². The van der Waals surface area contributed by atoms with Gasteiger partial charge in [-0.05, 0) is 24.1 Å². The molecule has 0 amide bonds. The average Bonchev–Trinajstić information content (AvgIpc) is 2.15. The molecule has 0 heterocycles. The van der Waals surface area contributed by atoms with E-state index in [2.05, 4.69) is 6.07 Å². The highest BCUT2D eigenvalue weighted by molar-refractivity contribution is 7.80. The largest absolute Gasteiger partial charge is 0.393 e. The number of benzene rings is 1. The minimum absolute atomic E-state index is 0.532. The maximum Gasteiger partial charge on any atom is 0.0991 e. The van der Waals surface area contributed by atoms with E-state index >= 15 is 0 Å². The third kappa shape index (κ3) is 3.22. The fourth-order valence-corrected chi connectivity index (χ4v) is 1.12. The Balaban J connectivity index is 2.60.